The highest BCUT2D eigenvalue weighted by Crippen LogP contribution is 2.25. The van der Waals surface area contributed by atoms with E-state index in [4.69, 9.17) is 4.74 Å². The van der Waals surface area contributed by atoms with Crippen LogP contribution in [0.3, 0.4) is 0 Å². The van der Waals surface area contributed by atoms with Crippen molar-refractivity contribution in [3.05, 3.63) is 60.2 Å². The number of carbonyl (C=O) groups is 2. The van der Waals surface area contributed by atoms with Crippen LogP contribution >= 0.6 is 0 Å². The maximum Gasteiger partial charge on any atom is 0.227 e. The largest absolute Gasteiger partial charge is 0.497 e. The van der Waals surface area contributed by atoms with Gasteiger partial charge in [0.05, 0.1) is 25.4 Å². The lowest BCUT2D eigenvalue weighted by atomic mass is 9.96. The molecule has 2 N–H and O–H groups in total. The van der Waals surface area contributed by atoms with Crippen LogP contribution in [0.25, 0.3) is 10.8 Å². The lowest BCUT2D eigenvalue weighted by Gasteiger charge is -2.17. The van der Waals surface area contributed by atoms with Crippen LogP contribution in [0.2, 0.25) is 0 Å². The number of nitrogens with zero attached hydrogens (tertiary/aromatic N) is 1. The molecule has 0 fully saturated rings. The summed E-state index contributed by atoms with van der Waals surface area (Å²) in [6.07, 6.45) is 4.33. The Morgan fingerprint density at radius 1 is 1.27 bits per heavy atom. The molecule has 1 heterocycles. The highest BCUT2D eigenvalue weighted by atomic mass is 16.5. The average molecular weight is 351 g/mol. The summed E-state index contributed by atoms with van der Waals surface area (Å²) in [4.78, 5) is 30.7. The predicted octanol–water partition coefficient (Wildman–Crippen LogP) is 2.60. The van der Waals surface area contributed by atoms with Crippen LogP contribution in [0.4, 0.5) is 0 Å². The molecule has 1 aromatic heterocycles. The van der Waals surface area contributed by atoms with E-state index in [-0.39, 0.29) is 11.8 Å². The molecule has 0 bridgehead atoms. The molecule has 0 spiro atoms. The number of benzene rings is 2. The molecule has 6 heteroatoms. The van der Waals surface area contributed by atoms with Crippen molar-refractivity contribution in [2.24, 2.45) is 0 Å². The van der Waals surface area contributed by atoms with Gasteiger partial charge in [-0.2, -0.15) is 0 Å². The monoisotopic (exact) mass is 351 g/mol. The van der Waals surface area contributed by atoms with Gasteiger partial charge in [0.25, 0.3) is 0 Å². The van der Waals surface area contributed by atoms with Crippen molar-refractivity contribution in [3.8, 4) is 5.75 Å². The molecule has 0 unspecified atom stereocenters. The zero-order valence-corrected chi connectivity index (χ0v) is 14.7. The smallest absolute Gasteiger partial charge is 0.227 e. The average Bonchev–Trinajstić information content (AvgIpc) is 3.18. The highest BCUT2D eigenvalue weighted by Gasteiger charge is 2.20. The van der Waals surface area contributed by atoms with Crippen molar-refractivity contribution in [3.63, 3.8) is 0 Å². The minimum atomic E-state index is -0.588. The van der Waals surface area contributed by atoms with E-state index in [1.165, 1.54) is 0 Å². The number of imidazole rings is 1. The predicted molar refractivity (Wildman–Crippen MR) is 99.2 cm³/mol. The van der Waals surface area contributed by atoms with Crippen molar-refractivity contribution >= 4 is 23.0 Å². The van der Waals surface area contributed by atoms with Gasteiger partial charge in [-0.05, 0) is 35.4 Å². The molecule has 134 valence electrons. The molecule has 3 rings (SSSR count). The Bertz CT molecular complexity index is 906. The summed E-state index contributed by atoms with van der Waals surface area (Å²) in [7, 11) is 1.63. The fraction of sp³-hybridized carbons (Fsp3) is 0.250. The molecule has 0 radical (unpaired) electrons. The second-order valence-electron chi connectivity index (χ2n) is 6.23. The number of ether oxygens (including phenoxy) is 1. The summed E-state index contributed by atoms with van der Waals surface area (Å²) in [5.74, 6) is 0.240. The fourth-order valence-corrected chi connectivity index (χ4v) is 2.86. The molecule has 6 nitrogen and oxygen atoms in total. The Morgan fingerprint density at radius 3 is 2.73 bits per heavy atom. The molecule has 0 aliphatic rings. The molecule has 0 saturated carbocycles. The van der Waals surface area contributed by atoms with E-state index in [1.54, 1.807) is 19.6 Å². The van der Waals surface area contributed by atoms with E-state index in [2.05, 4.69) is 15.3 Å². The summed E-state index contributed by atoms with van der Waals surface area (Å²) in [6.45, 7) is 1.83. The molecule has 26 heavy (non-hydrogen) atoms. The maximum atomic E-state index is 12.6. The van der Waals surface area contributed by atoms with Gasteiger partial charge in [0.2, 0.25) is 5.91 Å². The van der Waals surface area contributed by atoms with Gasteiger partial charge >= 0.3 is 0 Å². The van der Waals surface area contributed by atoms with Crippen LogP contribution in [0.1, 0.15) is 24.1 Å². The number of carbonyl (C=O) groups excluding carboxylic acids is 2. The molecule has 1 amide bonds. The van der Waals surface area contributed by atoms with E-state index in [0.29, 0.717) is 6.42 Å². The number of rotatable bonds is 7. The van der Waals surface area contributed by atoms with Gasteiger partial charge in [-0.15, -0.1) is 0 Å². The summed E-state index contributed by atoms with van der Waals surface area (Å²) in [5, 5.41) is 4.88. The number of methoxy groups -OCH3 is 1. The van der Waals surface area contributed by atoms with Crippen LogP contribution in [0.15, 0.2) is 48.9 Å². The van der Waals surface area contributed by atoms with E-state index < -0.39 is 6.04 Å². The van der Waals surface area contributed by atoms with Gasteiger partial charge in [-0.1, -0.05) is 24.3 Å². The van der Waals surface area contributed by atoms with Gasteiger partial charge in [0.1, 0.15) is 12.0 Å². The Hall–Kier alpha value is -3.15. The first-order valence-corrected chi connectivity index (χ1v) is 8.41. The van der Waals surface area contributed by atoms with E-state index >= 15 is 0 Å². The van der Waals surface area contributed by atoms with Crippen molar-refractivity contribution in [1.29, 1.82) is 0 Å². The van der Waals surface area contributed by atoms with Crippen LogP contribution in [0, 0.1) is 0 Å². The lowest BCUT2D eigenvalue weighted by Crippen LogP contribution is -2.39. The van der Waals surface area contributed by atoms with E-state index in [9.17, 15) is 9.59 Å². The number of amides is 1. The molecule has 3 aromatic rings. The number of H-pyrrole nitrogens is 1. The third kappa shape index (κ3) is 3.91. The Kier molecular flexibility index (Phi) is 5.31. The first kappa shape index (κ1) is 17.7. The zero-order chi connectivity index (χ0) is 18.5. The molecular formula is C20H21N3O3. The number of hydrogen-bond donors (Lipinski definition) is 2. The Morgan fingerprint density at radius 2 is 2.04 bits per heavy atom. The van der Waals surface area contributed by atoms with Gasteiger partial charge < -0.3 is 19.8 Å². The van der Waals surface area contributed by atoms with Crippen LogP contribution in [-0.2, 0) is 16.0 Å². The van der Waals surface area contributed by atoms with Gasteiger partial charge in [-0.25, -0.2) is 4.98 Å². The molecule has 2 aromatic carbocycles. The van der Waals surface area contributed by atoms with Crippen molar-refractivity contribution in [2.45, 2.75) is 25.3 Å². The Balaban J connectivity index is 1.72. The number of hydrogen-bond acceptors (Lipinski definition) is 4. The maximum absolute atomic E-state index is 12.6. The first-order chi connectivity index (χ1) is 12.6. The van der Waals surface area contributed by atoms with Gasteiger partial charge in [0, 0.05) is 18.3 Å². The number of aldehydes is 1. The first-order valence-electron chi connectivity index (χ1n) is 8.41. The number of aromatic nitrogens is 2. The quantitative estimate of drug-likeness (QED) is 0.641. The molecular weight excluding hydrogens is 330 g/mol. The molecule has 0 aliphatic carbocycles. The van der Waals surface area contributed by atoms with E-state index in [0.717, 1.165) is 34.1 Å². The van der Waals surface area contributed by atoms with Gasteiger partial charge in [0.15, 0.2) is 0 Å². The summed E-state index contributed by atoms with van der Waals surface area (Å²) in [5.41, 5.74) is 1.70. The minimum absolute atomic E-state index is 0.186. The van der Waals surface area contributed by atoms with Crippen molar-refractivity contribution < 1.29 is 14.3 Å². The summed E-state index contributed by atoms with van der Waals surface area (Å²) >= 11 is 0. The van der Waals surface area contributed by atoms with Crippen LogP contribution < -0.4 is 10.1 Å². The standard InChI is InChI=1S/C20H21N3O3/c1-13(20(25)23-18(11-24)9-17-10-21-12-22-17)14-3-4-16-8-19(26-2)6-5-15(16)7-14/h3-8,10-13,18H,9H2,1-2H3,(H,21,22)(H,23,25)/t13-,18-/m0/s1. The SMILES string of the molecule is COc1ccc2cc([C@H](C)C(=O)N[C@H](C=O)Cc3cnc[nH]3)ccc2c1. The molecule has 0 aliphatic heterocycles. The Labute approximate surface area is 151 Å². The second kappa shape index (κ2) is 7.82. The summed E-state index contributed by atoms with van der Waals surface area (Å²) in [6, 6.07) is 11.1. The fourth-order valence-electron chi connectivity index (χ4n) is 2.86. The molecule has 2 atom stereocenters. The minimum Gasteiger partial charge on any atom is -0.497 e. The zero-order valence-electron chi connectivity index (χ0n) is 14.7. The highest BCUT2D eigenvalue weighted by molar-refractivity contribution is 5.89. The van der Waals surface area contributed by atoms with Gasteiger partial charge in [-0.3, -0.25) is 4.79 Å². The second-order valence-corrected chi connectivity index (χ2v) is 6.23. The van der Waals surface area contributed by atoms with Crippen molar-refractivity contribution in [2.75, 3.05) is 7.11 Å². The number of nitrogens with one attached hydrogen (secondary N) is 2. The normalized spacial score (nSPS) is 13.2. The third-order valence-corrected chi connectivity index (χ3v) is 4.45. The van der Waals surface area contributed by atoms with Crippen LogP contribution in [0.5, 0.6) is 5.75 Å². The third-order valence-electron chi connectivity index (χ3n) is 4.45. The number of aromatic amines is 1. The van der Waals surface area contributed by atoms with Crippen molar-refractivity contribution in [1.82, 2.24) is 15.3 Å². The van der Waals surface area contributed by atoms with E-state index in [1.807, 2.05) is 43.3 Å². The molecule has 0 saturated heterocycles. The number of fused-ring (bicyclic) bond motifs is 1. The lowest BCUT2D eigenvalue weighted by molar-refractivity contribution is -0.125. The summed E-state index contributed by atoms with van der Waals surface area (Å²) < 4.78 is 5.23. The topological polar surface area (TPSA) is 84.1 Å². The van der Waals surface area contributed by atoms with Crippen LogP contribution in [-0.4, -0.2) is 35.3 Å².